The van der Waals surface area contributed by atoms with E-state index in [9.17, 15) is 9.18 Å². The molecular formula is C22H23FN2O3. The van der Waals surface area contributed by atoms with E-state index in [1.54, 1.807) is 17.6 Å². The van der Waals surface area contributed by atoms with Crippen LogP contribution in [0.4, 0.5) is 4.39 Å². The zero-order valence-electron chi connectivity index (χ0n) is 15.5. The van der Waals surface area contributed by atoms with E-state index >= 15 is 0 Å². The third kappa shape index (κ3) is 5.27. The van der Waals surface area contributed by atoms with E-state index in [4.69, 9.17) is 9.62 Å². The van der Waals surface area contributed by atoms with Crippen molar-refractivity contribution in [3.63, 3.8) is 0 Å². The van der Waals surface area contributed by atoms with Gasteiger partial charge in [-0.05, 0) is 37.1 Å². The average Bonchev–Trinajstić information content (AvgIpc) is 3.15. The summed E-state index contributed by atoms with van der Waals surface area (Å²) in [6.07, 6.45) is 4.46. The van der Waals surface area contributed by atoms with Crippen molar-refractivity contribution in [2.75, 3.05) is 0 Å². The molecule has 0 fully saturated rings. The minimum absolute atomic E-state index is 0.292. The van der Waals surface area contributed by atoms with Gasteiger partial charge >= 0.3 is 0 Å². The summed E-state index contributed by atoms with van der Waals surface area (Å²) in [6.45, 7) is 0. The average molecular weight is 382 g/mol. The number of carbonyl (C=O) groups excluding carboxylic acids is 1. The number of benzene rings is 2. The molecule has 0 unspecified atom stereocenters. The summed E-state index contributed by atoms with van der Waals surface area (Å²) in [6, 6.07) is 16.0. The number of rotatable bonds is 9. The molecule has 2 N–H and O–H groups in total. The maximum absolute atomic E-state index is 13.3. The first-order chi connectivity index (χ1) is 13.7. The zero-order valence-corrected chi connectivity index (χ0v) is 15.5. The standard InChI is InChI=1S/C22H23FN2O3/c23-18-14-12-17(13-15-18)22-21(16-8-4-3-5-9-16)24-20(28-22)11-7-2-1-6-10-19(26)25-27/h3-5,8-9,12-15,27H,1-2,6-7,10-11H2,(H,25,26). The number of nitrogens with zero attached hydrogens (tertiary/aromatic N) is 1. The zero-order chi connectivity index (χ0) is 19.8. The number of halogens is 1. The first kappa shape index (κ1) is 19.8. The lowest BCUT2D eigenvalue weighted by atomic mass is 10.1. The summed E-state index contributed by atoms with van der Waals surface area (Å²) in [7, 11) is 0. The molecule has 0 atom stereocenters. The predicted octanol–water partition coefficient (Wildman–Crippen LogP) is 5.15. The largest absolute Gasteiger partial charge is 0.440 e. The topological polar surface area (TPSA) is 75.4 Å². The van der Waals surface area contributed by atoms with Gasteiger partial charge in [0.2, 0.25) is 5.91 Å². The number of nitrogens with one attached hydrogen (secondary N) is 1. The molecule has 0 spiro atoms. The molecule has 0 aliphatic heterocycles. The molecule has 146 valence electrons. The Labute approximate surface area is 163 Å². The summed E-state index contributed by atoms with van der Waals surface area (Å²) in [4.78, 5) is 15.7. The smallest absolute Gasteiger partial charge is 0.243 e. The van der Waals surface area contributed by atoms with Gasteiger partial charge in [-0.1, -0.05) is 43.2 Å². The van der Waals surface area contributed by atoms with Gasteiger partial charge in [-0.3, -0.25) is 10.0 Å². The van der Waals surface area contributed by atoms with Crippen LogP contribution < -0.4 is 5.48 Å². The van der Waals surface area contributed by atoms with Gasteiger partial charge in [-0.25, -0.2) is 14.9 Å². The van der Waals surface area contributed by atoms with Crippen LogP contribution >= 0.6 is 0 Å². The fraction of sp³-hybridized carbons (Fsp3) is 0.273. The molecule has 0 saturated carbocycles. The fourth-order valence-corrected chi connectivity index (χ4v) is 3.03. The van der Waals surface area contributed by atoms with E-state index in [1.807, 2.05) is 30.3 Å². The van der Waals surface area contributed by atoms with Crippen molar-refractivity contribution in [2.45, 2.75) is 38.5 Å². The molecule has 3 aromatic rings. The van der Waals surface area contributed by atoms with Crippen molar-refractivity contribution in [1.82, 2.24) is 10.5 Å². The van der Waals surface area contributed by atoms with Crippen LogP contribution in [0.2, 0.25) is 0 Å². The van der Waals surface area contributed by atoms with E-state index in [2.05, 4.69) is 4.98 Å². The third-order valence-corrected chi connectivity index (χ3v) is 4.49. The van der Waals surface area contributed by atoms with Crippen LogP contribution in [0, 0.1) is 5.82 Å². The van der Waals surface area contributed by atoms with Gasteiger partial charge < -0.3 is 4.42 Å². The molecule has 0 aliphatic rings. The van der Waals surface area contributed by atoms with E-state index in [-0.39, 0.29) is 11.7 Å². The molecule has 0 radical (unpaired) electrons. The van der Waals surface area contributed by atoms with E-state index in [0.717, 1.165) is 42.5 Å². The Balaban J connectivity index is 1.69. The predicted molar refractivity (Wildman–Crippen MR) is 104 cm³/mol. The molecule has 2 aromatic carbocycles. The lowest BCUT2D eigenvalue weighted by Crippen LogP contribution is -2.17. The van der Waals surface area contributed by atoms with Gasteiger partial charge in [-0.2, -0.15) is 0 Å². The molecule has 1 heterocycles. The SMILES string of the molecule is O=C(CCCCCCc1nc(-c2ccccc2)c(-c2ccc(F)cc2)o1)NO. The minimum Gasteiger partial charge on any atom is -0.440 e. The van der Waals surface area contributed by atoms with Crippen LogP contribution in [-0.4, -0.2) is 16.1 Å². The lowest BCUT2D eigenvalue weighted by Gasteiger charge is -2.01. The van der Waals surface area contributed by atoms with Gasteiger partial charge in [0.05, 0.1) is 0 Å². The highest BCUT2D eigenvalue weighted by molar-refractivity contribution is 5.76. The second kappa shape index (κ2) is 9.80. The number of aromatic nitrogens is 1. The van der Waals surface area contributed by atoms with Crippen LogP contribution in [0.3, 0.4) is 0 Å². The van der Waals surface area contributed by atoms with Gasteiger partial charge in [0.15, 0.2) is 11.7 Å². The number of amides is 1. The number of hydrogen-bond donors (Lipinski definition) is 2. The van der Waals surface area contributed by atoms with Crippen molar-refractivity contribution in [2.24, 2.45) is 0 Å². The highest BCUT2D eigenvalue weighted by Gasteiger charge is 2.16. The second-order valence-corrected chi connectivity index (χ2v) is 6.61. The molecule has 0 saturated heterocycles. The number of carbonyl (C=O) groups is 1. The Bertz CT molecular complexity index is 892. The van der Waals surface area contributed by atoms with Crippen molar-refractivity contribution >= 4 is 5.91 Å². The highest BCUT2D eigenvalue weighted by atomic mass is 19.1. The first-order valence-corrected chi connectivity index (χ1v) is 9.41. The molecule has 0 aliphatic carbocycles. The van der Waals surface area contributed by atoms with Crippen LogP contribution in [-0.2, 0) is 11.2 Å². The van der Waals surface area contributed by atoms with E-state index in [1.165, 1.54) is 12.1 Å². The summed E-state index contributed by atoms with van der Waals surface area (Å²) in [5.74, 6) is 0.635. The number of hydrogen-bond acceptors (Lipinski definition) is 4. The summed E-state index contributed by atoms with van der Waals surface area (Å²) in [5.41, 5.74) is 4.13. The van der Waals surface area contributed by atoms with Crippen LogP contribution in [0.25, 0.3) is 22.6 Å². The quantitative estimate of drug-likeness (QED) is 0.305. The van der Waals surface area contributed by atoms with E-state index < -0.39 is 0 Å². The van der Waals surface area contributed by atoms with Gasteiger partial charge in [0, 0.05) is 24.0 Å². The minimum atomic E-state index is -0.357. The van der Waals surface area contributed by atoms with Crippen LogP contribution in [0.5, 0.6) is 0 Å². The maximum Gasteiger partial charge on any atom is 0.243 e. The molecule has 28 heavy (non-hydrogen) atoms. The molecule has 1 aromatic heterocycles. The Kier molecular flexibility index (Phi) is 6.92. The number of hydroxylamine groups is 1. The first-order valence-electron chi connectivity index (χ1n) is 9.41. The van der Waals surface area contributed by atoms with Crippen molar-refractivity contribution in [1.29, 1.82) is 0 Å². The Morgan fingerprint density at radius 3 is 2.39 bits per heavy atom. The molecule has 6 heteroatoms. The maximum atomic E-state index is 13.3. The fourth-order valence-electron chi connectivity index (χ4n) is 3.03. The monoisotopic (exact) mass is 382 g/mol. The Morgan fingerprint density at radius 2 is 1.68 bits per heavy atom. The summed E-state index contributed by atoms with van der Waals surface area (Å²) in [5, 5.41) is 8.48. The Hall–Kier alpha value is -2.99. The summed E-state index contributed by atoms with van der Waals surface area (Å²) < 4.78 is 19.3. The number of oxazole rings is 1. The number of unbranched alkanes of at least 4 members (excludes halogenated alkanes) is 3. The van der Waals surface area contributed by atoms with Gasteiger partial charge in [-0.15, -0.1) is 0 Å². The second-order valence-electron chi connectivity index (χ2n) is 6.61. The Morgan fingerprint density at radius 1 is 0.964 bits per heavy atom. The van der Waals surface area contributed by atoms with E-state index in [0.29, 0.717) is 24.5 Å². The highest BCUT2D eigenvalue weighted by Crippen LogP contribution is 2.33. The van der Waals surface area contributed by atoms with Crippen LogP contribution in [0.15, 0.2) is 59.0 Å². The molecule has 5 nitrogen and oxygen atoms in total. The van der Waals surface area contributed by atoms with Gasteiger partial charge in [0.1, 0.15) is 11.5 Å². The van der Waals surface area contributed by atoms with Crippen LogP contribution in [0.1, 0.15) is 38.0 Å². The molecule has 3 rings (SSSR count). The molecule has 0 bridgehead atoms. The normalized spacial score (nSPS) is 10.8. The van der Waals surface area contributed by atoms with Gasteiger partial charge in [0.25, 0.3) is 0 Å². The molecule has 1 amide bonds. The van der Waals surface area contributed by atoms with Crippen molar-refractivity contribution < 1.29 is 18.8 Å². The summed E-state index contributed by atoms with van der Waals surface area (Å²) >= 11 is 0. The lowest BCUT2D eigenvalue weighted by molar-refractivity contribution is -0.129. The number of aryl methyl sites for hydroxylation is 1. The van der Waals surface area contributed by atoms with Crippen molar-refractivity contribution in [3.8, 4) is 22.6 Å². The third-order valence-electron chi connectivity index (χ3n) is 4.49. The van der Waals surface area contributed by atoms with Crippen molar-refractivity contribution in [3.05, 3.63) is 66.3 Å². The molecular weight excluding hydrogens is 359 g/mol.